The molecule has 13 rings (SSSR count). The van der Waals surface area contributed by atoms with Gasteiger partial charge in [0.15, 0.2) is 0 Å². The van der Waals surface area contributed by atoms with E-state index in [1.165, 1.54) is 54.5 Å². The molecular formula is C62H40N2O. The molecule has 0 saturated carbocycles. The minimum absolute atomic E-state index is 0.890. The largest absolute Gasteiger partial charge is 0.455 e. The second-order valence-electron chi connectivity index (χ2n) is 16.9. The van der Waals surface area contributed by atoms with Crippen LogP contribution in [0.1, 0.15) is 0 Å². The highest BCUT2D eigenvalue weighted by atomic mass is 16.3. The Morgan fingerprint density at radius 2 is 0.877 bits per heavy atom. The van der Waals surface area contributed by atoms with Crippen LogP contribution in [-0.2, 0) is 0 Å². The van der Waals surface area contributed by atoms with E-state index in [9.17, 15) is 0 Å². The quantitative estimate of drug-likeness (QED) is 0.149. The molecule has 0 unspecified atom stereocenters. The Balaban J connectivity index is 0.892. The van der Waals surface area contributed by atoms with E-state index in [4.69, 9.17) is 4.42 Å². The zero-order chi connectivity index (χ0) is 42.8. The topological polar surface area (TPSA) is 21.3 Å². The van der Waals surface area contributed by atoms with Gasteiger partial charge in [0.25, 0.3) is 0 Å². The highest BCUT2D eigenvalue weighted by Gasteiger charge is 2.18. The number of hydrogen-bond donors (Lipinski definition) is 0. The minimum Gasteiger partial charge on any atom is -0.455 e. The maximum absolute atomic E-state index is 6.51. The molecule has 0 saturated heterocycles. The van der Waals surface area contributed by atoms with Crippen molar-refractivity contribution >= 4 is 82.4 Å². The van der Waals surface area contributed by atoms with Gasteiger partial charge in [-0.3, -0.25) is 0 Å². The lowest BCUT2D eigenvalue weighted by Gasteiger charge is -2.26. The van der Waals surface area contributed by atoms with Crippen molar-refractivity contribution in [3.8, 4) is 39.1 Å². The molecule has 0 spiro atoms. The minimum atomic E-state index is 0.890. The average molecular weight is 829 g/mol. The fourth-order valence-electron chi connectivity index (χ4n) is 10.0. The highest BCUT2D eigenvalue weighted by Crippen LogP contribution is 2.42. The molecule has 0 atom stereocenters. The second kappa shape index (κ2) is 15.0. The first kappa shape index (κ1) is 36.9. The summed E-state index contributed by atoms with van der Waals surface area (Å²) in [5.74, 6) is 0. The van der Waals surface area contributed by atoms with Crippen LogP contribution < -0.4 is 4.90 Å². The van der Waals surface area contributed by atoms with Crippen LogP contribution in [0.2, 0.25) is 0 Å². The molecule has 2 heterocycles. The third-order valence-corrected chi connectivity index (χ3v) is 13.2. The molecule has 0 fully saturated rings. The summed E-state index contributed by atoms with van der Waals surface area (Å²) in [6, 6.07) is 87.7. The maximum atomic E-state index is 6.51. The maximum Gasteiger partial charge on any atom is 0.143 e. The van der Waals surface area contributed by atoms with Crippen molar-refractivity contribution in [2.24, 2.45) is 0 Å². The Morgan fingerprint density at radius 1 is 0.308 bits per heavy atom. The summed E-state index contributed by atoms with van der Waals surface area (Å²) in [4.78, 5) is 2.37. The molecule has 0 bridgehead atoms. The SMILES string of the molecule is c1ccc(-c2cccc3c2oc2ccc(-c4ccc(N(c5ccc(-c6ccc7c(c6)c6ccccc6n7-c6ccccc6)cc5)c5ccc6c(ccc7ccccc76)c5)cc4)cc23)cc1. The van der Waals surface area contributed by atoms with Crippen LogP contribution >= 0.6 is 0 Å². The zero-order valence-corrected chi connectivity index (χ0v) is 35.4. The molecule has 0 aliphatic carbocycles. The summed E-state index contributed by atoms with van der Waals surface area (Å²) in [5.41, 5.74) is 15.6. The summed E-state index contributed by atoms with van der Waals surface area (Å²) in [7, 11) is 0. The predicted molar refractivity (Wildman–Crippen MR) is 274 cm³/mol. The first-order valence-electron chi connectivity index (χ1n) is 22.2. The van der Waals surface area contributed by atoms with E-state index in [0.29, 0.717) is 0 Å². The van der Waals surface area contributed by atoms with E-state index in [1.807, 2.05) is 6.07 Å². The van der Waals surface area contributed by atoms with Crippen LogP contribution in [0.15, 0.2) is 247 Å². The van der Waals surface area contributed by atoms with Gasteiger partial charge < -0.3 is 13.9 Å². The lowest BCUT2D eigenvalue weighted by atomic mass is 9.99. The van der Waals surface area contributed by atoms with Gasteiger partial charge in [-0.05, 0) is 128 Å². The first-order chi connectivity index (χ1) is 32.2. The van der Waals surface area contributed by atoms with Crippen LogP contribution in [0.5, 0.6) is 0 Å². The van der Waals surface area contributed by atoms with Gasteiger partial charge in [0.1, 0.15) is 11.2 Å². The number of aromatic nitrogens is 1. The summed E-state index contributed by atoms with van der Waals surface area (Å²) in [6.45, 7) is 0. The number of rotatable bonds is 7. The Kier molecular flexibility index (Phi) is 8.53. The molecule has 13 aromatic rings. The molecular weight excluding hydrogens is 789 g/mol. The number of benzene rings is 11. The van der Waals surface area contributed by atoms with Crippen molar-refractivity contribution in [3.63, 3.8) is 0 Å². The lowest BCUT2D eigenvalue weighted by Crippen LogP contribution is -2.09. The fraction of sp³-hybridized carbons (Fsp3) is 0. The smallest absolute Gasteiger partial charge is 0.143 e. The second-order valence-corrected chi connectivity index (χ2v) is 16.9. The van der Waals surface area contributed by atoms with Crippen molar-refractivity contribution in [1.29, 1.82) is 0 Å². The number of hydrogen-bond acceptors (Lipinski definition) is 2. The molecule has 0 N–H and O–H groups in total. The highest BCUT2D eigenvalue weighted by molar-refractivity contribution is 6.12. The van der Waals surface area contributed by atoms with E-state index in [0.717, 1.165) is 66.9 Å². The average Bonchev–Trinajstić information content (AvgIpc) is 3.92. The standard InChI is InChI=1S/C62H40N2O/c1-3-12-43(13-4-1)54-19-11-20-56-58-40-46(29-37-61(58)65-62(54)56)42-26-32-50(33-27-42)63(51-34-35-53-47(38-51)23-22-44-14-7-8-17-52(44)53)49-30-24-41(25-31-49)45-28-36-60-57(39-45)55-18-9-10-21-59(55)64(60)48-15-5-2-6-16-48/h1-40H. The van der Waals surface area contributed by atoms with E-state index >= 15 is 0 Å². The summed E-state index contributed by atoms with van der Waals surface area (Å²) >= 11 is 0. The van der Waals surface area contributed by atoms with Crippen LogP contribution in [0, 0.1) is 0 Å². The van der Waals surface area contributed by atoms with Gasteiger partial charge in [-0.15, -0.1) is 0 Å². The van der Waals surface area contributed by atoms with Gasteiger partial charge in [0, 0.05) is 49.9 Å². The molecule has 2 aromatic heterocycles. The molecule has 3 heteroatoms. The molecule has 0 aliphatic rings. The fourth-order valence-corrected chi connectivity index (χ4v) is 10.0. The van der Waals surface area contributed by atoms with Crippen molar-refractivity contribution in [2.75, 3.05) is 4.90 Å². The summed E-state index contributed by atoms with van der Waals surface area (Å²) in [6.07, 6.45) is 0. The van der Waals surface area contributed by atoms with Gasteiger partial charge in [0.2, 0.25) is 0 Å². The third-order valence-electron chi connectivity index (χ3n) is 13.2. The Bertz CT molecular complexity index is 3920. The van der Waals surface area contributed by atoms with E-state index in [2.05, 4.69) is 246 Å². The van der Waals surface area contributed by atoms with Crippen LogP contribution in [0.3, 0.4) is 0 Å². The molecule has 3 nitrogen and oxygen atoms in total. The van der Waals surface area contributed by atoms with Crippen LogP contribution in [0.4, 0.5) is 17.1 Å². The van der Waals surface area contributed by atoms with Gasteiger partial charge >= 0.3 is 0 Å². The van der Waals surface area contributed by atoms with Crippen LogP contribution in [0.25, 0.3) is 104 Å². The number of furan rings is 1. The van der Waals surface area contributed by atoms with E-state index in [1.54, 1.807) is 0 Å². The van der Waals surface area contributed by atoms with Gasteiger partial charge in [-0.2, -0.15) is 0 Å². The molecule has 304 valence electrons. The van der Waals surface area contributed by atoms with Gasteiger partial charge in [-0.1, -0.05) is 164 Å². The lowest BCUT2D eigenvalue weighted by molar-refractivity contribution is 0.670. The molecule has 11 aromatic carbocycles. The van der Waals surface area contributed by atoms with Crippen molar-refractivity contribution in [1.82, 2.24) is 4.57 Å². The zero-order valence-electron chi connectivity index (χ0n) is 35.4. The van der Waals surface area contributed by atoms with Gasteiger partial charge in [0.05, 0.1) is 11.0 Å². The molecule has 0 aliphatic heterocycles. The molecule has 0 amide bonds. The number of para-hydroxylation sites is 3. The Labute approximate surface area is 376 Å². The van der Waals surface area contributed by atoms with Gasteiger partial charge in [-0.25, -0.2) is 0 Å². The normalized spacial score (nSPS) is 11.7. The van der Waals surface area contributed by atoms with E-state index < -0.39 is 0 Å². The number of fused-ring (bicyclic) bond motifs is 9. The molecule has 0 radical (unpaired) electrons. The third kappa shape index (κ3) is 6.20. The van der Waals surface area contributed by atoms with Crippen molar-refractivity contribution in [2.45, 2.75) is 0 Å². The predicted octanol–water partition coefficient (Wildman–Crippen LogP) is 17.5. The molecule has 65 heavy (non-hydrogen) atoms. The van der Waals surface area contributed by atoms with Crippen molar-refractivity contribution < 1.29 is 4.42 Å². The summed E-state index contributed by atoms with van der Waals surface area (Å²) < 4.78 is 8.88. The first-order valence-corrected chi connectivity index (χ1v) is 22.2. The van der Waals surface area contributed by atoms with Crippen molar-refractivity contribution in [3.05, 3.63) is 243 Å². The number of nitrogens with zero attached hydrogens (tertiary/aromatic N) is 2. The summed E-state index contributed by atoms with van der Waals surface area (Å²) in [5, 5.41) is 9.70. The Morgan fingerprint density at radius 3 is 1.65 bits per heavy atom. The Hall–Kier alpha value is -8.66. The van der Waals surface area contributed by atoms with E-state index in [-0.39, 0.29) is 0 Å². The monoisotopic (exact) mass is 828 g/mol. The number of anilines is 3. The van der Waals surface area contributed by atoms with Crippen LogP contribution in [-0.4, -0.2) is 4.57 Å².